The van der Waals surface area contributed by atoms with Crippen LogP contribution in [0.3, 0.4) is 0 Å². The first-order valence-corrected chi connectivity index (χ1v) is 20.5. The normalized spacial score (nSPS) is 12.9. The fourth-order valence-corrected chi connectivity index (χ4v) is 9.03. The quantitative estimate of drug-likeness (QED) is 0.169. The summed E-state index contributed by atoms with van der Waals surface area (Å²) in [5.41, 5.74) is 13.4. The highest BCUT2D eigenvalue weighted by molar-refractivity contribution is 6.14. The second-order valence-corrected chi connectivity index (χ2v) is 17.5. The first kappa shape index (κ1) is 33.3. The molecule has 290 valence electrons. The molecule has 0 unspecified atom stereocenters. The molecule has 8 aromatic carbocycles. The van der Waals surface area contributed by atoms with Crippen molar-refractivity contribution >= 4 is 43.6 Å². The van der Waals surface area contributed by atoms with E-state index in [9.17, 15) is 0 Å². The summed E-state index contributed by atoms with van der Waals surface area (Å²) < 4.78 is 38.7. The van der Waals surface area contributed by atoms with Gasteiger partial charge in [-0.15, -0.1) is 0 Å². The van der Waals surface area contributed by atoms with E-state index < -0.39 is 0 Å². The Morgan fingerprint density at radius 2 is 0.814 bits per heavy atom. The van der Waals surface area contributed by atoms with Crippen LogP contribution in [0.15, 0.2) is 188 Å². The average Bonchev–Trinajstić information content (AvgIpc) is 3.80. The Kier molecular flexibility index (Phi) is 8.45. The summed E-state index contributed by atoms with van der Waals surface area (Å²) in [6.07, 6.45) is 0. The lowest BCUT2D eigenvalue weighted by atomic mass is 9.79. The molecule has 0 N–H and O–H groups in total. The molecular weight excluding hydrogens is 713 g/mol. The smallest absolute Gasteiger partial charge is 0.0632 e. The van der Waals surface area contributed by atoms with Crippen LogP contribution in [-0.4, -0.2) is 9.13 Å². The first-order chi connectivity index (χ1) is 30.2. The van der Waals surface area contributed by atoms with Crippen LogP contribution in [0.5, 0.6) is 0 Å². The Morgan fingerprint density at radius 3 is 1.27 bits per heavy atom. The third-order valence-corrected chi connectivity index (χ3v) is 11.3. The third kappa shape index (κ3) is 6.83. The Balaban J connectivity index is 0.000000162. The maximum Gasteiger partial charge on any atom is 0.0632 e. The van der Waals surface area contributed by atoms with Gasteiger partial charge in [-0.3, -0.25) is 0 Å². The van der Waals surface area contributed by atoms with Crippen molar-refractivity contribution in [1.82, 2.24) is 9.13 Å². The van der Waals surface area contributed by atoms with Crippen LogP contribution < -0.4 is 0 Å². The van der Waals surface area contributed by atoms with Crippen molar-refractivity contribution in [2.45, 2.75) is 59.3 Å². The number of rotatable bonds is 4. The monoisotopic (exact) mass is 768 g/mol. The SMILES string of the molecule is CC(C)(C)c1c(-c2ccccc2)ccc2c1c1ccccc1n2-c1ccccc1.[2H]c1c([2H])c(C)c([2H])c(-c2ccc3c(c2C(C)(C)C)c2ccccc2n3-c2ccccc2)c1[2H]. The maximum atomic E-state index is 8.79. The van der Waals surface area contributed by atoms with Crippen molar-refractivity contribution in [2.75, 3.05) is 0 Å². The minimum absolute atomic E-state index is 0.0102. The highest BCUT2D eigenvalue weighted by Gasteiger charge is 2.27. The zero-order valence-corrected chi connectivity index (χ0v) is 35.0. The van der Waals surface area contributed by atoms with Gasteiger partial charge in [0.25, 0.3) is 0 Å². The van der Waals surface area contributed by atoms with Gasteiger partial charge < -0.3 is 9.13 Å². The van der Waals surface area contributed by atoms with Crippen molar-refractivity contribution < 1.29 is 5.48 Å². The van der Waals surface area contributed by atoms with E-state index >= 15 is 0 Å². The highest BCUT2D eigenvalue weighted by atomic mass is 15.0. The van der Waals surface area contributed by atoms with E-state index in [4.69, 9.17) is 5.48 Å². The minimum atomic E-state index is -0.297. The standard InChI is InChI=1S/C29H27N.C28H25N/c1-20-11-10-12-21(19-20)23-17-18-26-27(28(23)29(2,3)4)24-15-8-9-16-25(24)30(26)22-13-6-5-7-14-22;1-28(2,3)27-22(20-12-6-4-7-13-20)18-19-25-26(27)23-16-10-11-17-24(23)29(25)21-14-8-5-9-15-21/h5-19H,1-4H3;4-19H,1-3H3/i10D,11D,12D,19D;. The Hall–Kier alpha value is -6.64. The molecule has 0 atom stereocenters. The van der Waals surface area contributed by atoms with Crippen molar-refractivity contribution in [1.29, 1.82) is 0 Å². The van der Waals surface area contributed by atoms with Crippen LogP contribution in [0.2, 0.25) is 0 Å². The summed E-state index contributed by atoms with van der Waals surface area (Å²) in [5, 5.41) is 4.89. The van der Waals surface area contributed by atoms with E-state index in [-0.39, 0.29) is 35.0 Å². The van der Waals surface area contributed by atoms with E-state index in [0.717, 1.165) is 38.6 Å². The molecule has 2 aromatic heterocycles. The van der Waals surface area contributed by atoms with Crippen molar-refractivity contribution in [3.05, 3.63) is 205 Å². The molecule has 2 heterocycles. The average molecular weight is 769 g/mol. The van der Waals surface area contributed by atoms with E-state index in [2.05, 4.69) is 178 Å². The van der Waals surface area contributed by atoms with E-state index in [1.807, 2.05) is 36.4 Å². The minimum Gasteiger partial charge on any atom is -0.309 e. The van der Waals surface area contributed by atoms with Gasteiger partial charge in [-0.25, -0.2) is 0 Å². The molecule has 0 aliphatic heterocycles. The number of benzene rings is 8. The second kappa shape index (κ2) is 14.9. The third-order valence-electron chi connectivity index (χ3n) is 11.3. The number of hydrogen-bond acceptors (Lipinski definition) is 0. The molecule has 0 radical (unpaired) electrons. The summed E-state index contributed by atoms with van der Waals surface area (Å²) in [6.45, 7) is 15.1. The zero-order chi connectivity index (χ0) is 44.4. The number of aromatic nitrogens is 2. The number of nitrogens with zero attached hydrogens (tertiary/aromatic N) is 2. The number of hydrogen-bond donors (Lipinski definition) is 0. The first-order valence-electron chi connectivity index (χ1n) is 22.5. The van der Waals surface area contributed by atoms with E-state index in [1.54, 1.807) is 6.92 Å². The summed E-state index contributed by atoms with van der Waals surface area (Å²) in [4.78, 5) is 0. The molecule has 0 bridgehead atoms. The van der Waals surface area contributed by atoms with Gasteiger partial charge in [0, 0.05) is 32.9 Å². The largest absolute Gasteiger partial charge is 0.309 e. The molecule has 59 heavy (non-hydrogen) atoms. The molecule has 2 nitrogen and oxygen atoms in total. The molecule has 2 heteroatoms. The van der Waals surface area contributed by atoms with Crippen LogP contribution in [-0.2, 0) is 10.8 Å². The predicted octanol–water partition coefficient (Wildman–Crippen LogP) is 15.8. The van der Waals surface area contributed by atoms with E-state index in [1.165, 1.54) is 44.2 Å². The molecule has 0 aliphatic rings. The molecule has 0 aliphatic carbocycles. The van der Waals surface area contributed by atoms with E-state index in [0.29, 0.717) is 11.1 Å². The van der Waals surface area contributed by atoms with Crippen LogP contribution in [0, 0.1) is 6.92 Å². The van der Waals surface area contributed by atoms with Gasteiger partial charge in [-0.05, 0) is 99.7 Å². The molecule has 10 rings (SSSR count). The van der Waals surface area contributed by atoms with Gasteiger partial charge in [-0.2, -0.15) is 0 Å². The van der Waals surface area contributed by atoms with Crippen molar-refractivity contribution in [3.8, 4) is 33.6 Å². The molecule has 0 fully saturated rings. The summed E-state index contributed by atoms with van der Waals surface area (Å²) in [6, 6.07) is 57.4. The second-order valence-electron chi connectivity index (χ2n) is 17.5. The molecule has 0 spiro atoms. The van der Waals surface area contributed by atoms with Crippen molar-refractivity contribution in [2.24, 2.45) is 0 Å². The van der Waals surface area contributed by atoms with Gasteiger partial charge in [-0.1, -0.05) is 187 Å². The Morgan fingerprint density at radius 1 is 0.407 bits per heavy atom. The van der Waals surface area contributed by atoms with Gasteiger partial charge in [0.05, 0.1) is 27.5 Å². The zero-order valence-electron chi connectivity index (χ0n) is 39.0. The summed E-state index contributed by atoms with van der Waals surface area (Å²) in [7, 11) is 0. The molecule has 0 amide bonds. The number of fused-ring (bicyclic) bond motifs is 6. The summed E-state index contributed by atoms with van der Waals surface area (Å²) in [5.74, 6) is 0. The summed E-state index contributed by atoms with van der Waals surface area (Å²) >= 11 is 0. The number of para-hydroxylation sites is 4. The molecular formula is C57H52N2. The Bertz CT molecular complexity index is 3300. The lowest BCUT2D eigenvalue weighted by molar-refractivity contribution is 0.597. The molecule has 0 saturated heterocycles. The lowest BCUT2D eigenvalue weighted by Gasteiger charge is -2.25. The fraction of sp³-hybridized carbons (Fsp3) is 0.158. The Labute approximate surface area is 354 Å². The van der Waals surface area contributed by atoms with Gasteiger partial charge >= 0.3 is 0 Å². The highest BCUT2D eigenvalue weighted by Crippen LogP contribution is 2.45. The maximum absolute atomic E-state index is 8.79. The van der Waals surface area contributed by atoms with Crippen molar-refractivity contribution in [3.63, 3.8) is 0 Å². The van der Waals surface area contributed by atoms with Gasteiger partial charge in [0.2, 0.25) is 0 Å². The van der Waals surface area contributed by atoms with Crippen LogP contribution in [0.25, 0.3) is 77.2 Å². The van der Waals surface area contributed by atoms with Crippen LogP contribution in [0.1, 0.15) is 63.7 Å². The van der Waals surface area contributed by atoms with Crippen LogP contribution >= 0.6 is 0 Å². The molecule has 10 aromatic rings. The topological polar surface area (TPSA) is 9.86 Å². The van der Waals surface area contributed by atoms with Gasteiger partial charge in [0.15, 0.2) is 0 Å². The fourth-order valence-electron chi connectivity index (χ4n) is 9.03. The predicted molar refractivity (Wildman–Crippen MR) is 255 cm³/mol. The molecule has 0 saturated carbocycles. The lowest BCUT2D eigenvalue weighted by Crippen LogP contribution is -2.13. The van der Waals surface area contributed by atoms with Gasteiger partial charge in [0.1, 0.15) is 0 Å². The van der Waals surface area contributed by atoms with Crippen LogP contribution in [0.4, 0.5) is 0 Å².